The van der Waals surface area contributed by atoms with Gasteiger partial charge in [-0.3, -0.25) is 4.98 Å². The van der Waals surface area contributed by atoms with Crippen LogP contribution in [0.5, 0.6) is 5.75 Å². The van der Waals surface area contributed by atoms with Crippen molar-refractivity contribution < 1.29 is 14.6 Å². The SMILES string of the molecule is Nc1cncc(CCc2cc(Nc3nc(Cl)ncc3Cl)ccc2OCCC2CCN(C(=O)O)CC2)c1. The van der Waals surface area contributed by atoms with Crippen LogP contribution in [-0.2, 0) is 12.8 Å². The first kappa shape index (κ1) is 25.8. The Hall–Kier alpha value is -3.30. The Balaban J connectivity index is 1.44. The number of aryl methyl sites for hydroxylation is 2. The zero-order valence-electron chi connectivity index (χ0n) is 19.7. The lowest BCUT2D eigenvalue weighted by Gasteiger charge is -2.29. The van der Waals surface area contributed by atoms with Gasteiger partial charge in [-0.1, -0.05) is 11.6 Å². The van der Waals surface area contributed by atoms with Gasteiger partial charge in [-0.15, -0.1) is 0 Å². The van der Waals surface area contributed by atoms with Crippen molar-refractivity contribution in [2.45, 2.75) is 32.1 Å². The summed E-state index contributed by atoms with van der Waals surface area (Å²) in [5.41, 5.74) is 9.36. The molecule has 1 saturated heterocycles. The minimum atomic E-state index is -0.844. The number of rotatable bonds is 9. The van der Waals surface area contributed by atoms with Crippen LogP contribution in [0.3, 0.4) is 0 Å². The topological polar surface area (TPSA) is 126 Å². The number of piperidine rings is 1. The zero-order valence-corrected chi connectivity index (χ0v) is 21.2. The number of benzene rings is 1. The lowest BCUT2D eigenvalue weighted by Crippen LogP contribution is -2.37. The standard InChI is InChI=1S/C25H28Cl2N6O3/c26-21-15-30-24(27)32-23(21)31-20-3-4-22(18(12-20)2-1-17-11-19(28)14-29-13-17)36-10-7-16-5-8-33(9-6-16)25(34)35/h3-4,11-16H,1-2,5-10,28H2,(H,34,35)(H,30,31,32). The van der Waals surface area contributed by atoms with Crippen LogP contribution in [0.25, 0.3) is 0 Å². The Labute approximate surface area is 219 Å². The number of ether oxygens (including phenoxy) is 1. The number of halogens is 2. The normalized spacial score (nSPS) is 14.0. The molecule has 3 heterocycles. The van der Waals surface area contributed by atoms with Crippen molar-refractivity contribution in [3.63, 3.8) is 0 Å². The zero-order chi connectivity index (χ0) is 25.5. The molecule has 0 bridgehead atoms. The first-order valence-electron chi connectivity index (χ1n) is 11.8. The molecule has 9 nitrogen and oxygen atoms in total. The van der Waals surface area contributed by atoms with Gasteiger partial charge in [0.05, 0.1) is 18.5 Å². The van der Waals surface area contributed by atoms with E-state index in [0.29, 0.717) is 48.6 Å². The summed E-state index contributed by atoms with van der Waals surface area (Å²) >= 11 is 12.1. The average molecular weight is 531 g/mol. The smallest absolute Gasteiger partial charge is 0.407 e. The number of pyridine rings is 1. The summed E-state index contributed by atoms with van der Waals surface area (Å²) in [4.78, 5) is 24.8. The molecule has 1 aliphatic heterocycles. The van der Waals surface area contributed by atoms with Gasteiger partial charge in [-0.2, -0.15) is 4.98 Å². The minimum Gasteiger partial charge on any atom is -0.493 e. The summed E-state index contributed by atoms with van der Waals surface area (Å²) in [5, 5.41) is 12.8. The van der Waals surface area contributed by atoms with E-state index in [-0.39, 0.29) is 5.28 Å². The molecule has 1 fully saturated rings. The van der Waals surface area contributed by atoms with Crippen molar-refractivity contribution in [2.75, 3.05) is 30.7 Å². The number of likely N-dealkylation sites (tertiary alicyclic amines) is 1. The molecule has 0 unspecified atom stereocenters. The van der Waals surface area contributed by atoms with Crippen molar-refractivity contribution >= 4 is 46.5 Å². The largest absolute Gasteiger partial charge is 0.493 e. The van der Waals surface area contributed by atoms with Gasteiger partial charge < -0.3 is 25.8 Å². The van der Waals surface area contributed by atoms with Crippen molar-refractivity contribution in [1.29, 1.82) is 0 Å². The van der Waals surface area contributed by atoms with Crippen LogP contribution >= 0.6 is 23.2 Å². The number of amides is 1. The third kappa shape index (κ3) is 7.11. The second-order valence-electron chi connectivity index (χ2n) is 8.76. The van der Waals surface area contributed by atoms with Crippen LogP contribution in [0.1, 0.15) is 30.4 Å². The second-order valence-corrected chi connectivity index (χ2v) is 9.50. The molecule has 11 heteroatoms. The highest BCUT2D eigenvalue weighted by molar-refractivity contribution is 6.33. The number of nitrogens with one attached hydrogen (secondary N) is 1. The van der Waals surface area contributed by atoms with Gasteiger partial charge in [0.1, 0.15) is 10.8 Å². The van der Waals surface area contributed by atoms with Gasteiger partial charge in [-0.25, -0.2) is 9.78 Å². The number of anilines is 3. The fourth-order valence-electron chi connectivity index (χ4n) is 4.24. The quantitative estimate of drug-likeness (QED) is 0.311. The number of hydrogen-bond donors (Lipinski definition) is 3. The van der Waals surface area contributed by atoms with Gasteiger partial charge in [0.25, 0.3) is 0 Å². The van der Waals surface area contributed by atoms with E-state index < -0.39 is 6.09 Å². The van der Waals surface area contributed by atoms with Crippen LogP contribution < -0.4 is 15.8 Å². The molecule has 190 valence electrons. The maximum Gasteiger partial charge on any atom is 0.407 e. The monoisotopic (exact) mass is 530 g/mol. The van der Waals surface area contributed by atoms with Crippen LogP contribution in [0, 0.1) is 5.92 Å². The molecule has 4 rings (SSSR count). The van der Waals surface area contributed by atoms with Gasteiger partial charge in [0.2, 0.25) is 5.28 Å². The lowest BCUT2D eigenvalue weighted by molar-refractivity contribution is 0.119. The van der Waals surface area contributed by atoms with E-state index in [1.54, 1.807) is 6.20 Å². The molecule has 1 aromatic carbocycles. The van der Waals surface area contributed by atoms with Crippen molar-refractivity contribution in [3.05, 3.63) is 64.3 Å². The molecule has 36 heavy (non-hydrogen) atoms. The third-order valence-corrected chi connectivity index (χ3v) is 6.66. The van der Waals surface area contributed by atoms with E-state index in [9.17, 15) is 4.79 Å². The Bertz CT molecular complexity index is 1200. The van der Waals surface area contributed by atoms with Gasteiger partial charge >= 0.3 is 6.09 Å². The molecule has 0 aliphatic carbocycles. The average Bonchev–Trinajstić information content (AvgIpc) is 2.86. The number of hydrogen-bond acceptors (Lipinski definition) is 7. The highest BCUT2D eigenvalue weighted by Crippen LogP contribution is 2.30. The summed E-state index contributed by atoms with van der Waals surface area (Å²) in [5.74, 6) is 1.67. The first-order valence-corrected chi connectivity index (χ1v) is 12.5. The molecule has 1 aliphatic rings. The predicted octanol–water partition coefficient (Wildman–Crippen LogP) is 5.45. The van der Waals surface area contributed by atoms with E-state index in [1.165, 1.54) is 11.1 Å². The summed E-state index contributed by atoms with van der Waals surface area (Å²) in [6.07, 6.45) is 8.09. The molecule has 4 N–H and O–H groups in total. The maximum absolute atomic E-state index is 11.1. The van der Waals surface area contributed by atoms with E-state index in [2.05, 4.69) is 20.3 Å². The molecule has 2 aromatic heterocycles. The fraction of sp³-hybridized carbons (Fsp3) is 0.360. The molecule has 1 amide bonds. The number of carbonyl (C=O) groups is 1. The van der Waals surface area contributed by atoms with Gasteiger partial charge in [0.15, 0.2) is 5.82 Å². The second kappa shape index (κ2) is 12.1. The molecule has 3 aromatic rings. The minimum absolute atomic E-state index is 0.102. The third-order valence-electron chi connectivity index (χ3n) is 6.21. The van der Waals surface area contributed by atoms with Crippen molar-refractivity contribution in [2.24, 2.45) is 5.92 Å². The number of aromatic nitrogens is 3. The molecular weight excluding hydrogens is 503 g/mol. The predicted molar refractivity (Wildman–Crippen MR) is 140 cm³/mol. The van der Waals surface area contributed by atoms with E-state index in [0.717, 1.165) is 48.2 Å². The number of nitrogens with two attached hydrogens (primary N) is 1. The summed E-state index contributed by atoms with van der Waals surface area (Å²) in [6, 6.07) is 7.76. The summed E-state index contributed by atoms with van der Waals surface area (Å²) < 4.78 is 6.20. The van der Waals surface area contributed by atoms with Crippen LogP contribution in [-0.4, -0.2) is 50.7 Å². The Kier molecular flexibility index (Phi) is 8.66. The van der Waals surface area contributed by atoms with Crippen LogP contribution in [0.15, 0.2) is 42.9 Å². The Morgan fingerprint density at radius 3 is 2.72 bits per heavy atom. The van der Waals surface area contributed by atoms with E-state index in [1.807, 2.05) is 30.5 Å². The number of carboxylic acid groups (broad SMARTS) is 1. The maximum atomic E-state index is 11.1. The Morgan fingerprint density at radius 2 is 1.97 bits per heavy atom. The molecule has 0 radical (unpaired) electrons. The highest BCUT2D eigenvalue weighted by atomic mass is 35.5. The molecule has 0 saturated carbocycles. The van der Waals surface area contributed by atoms with Gasteiger partial charge in [0, 0.05) is 31.2 Å². The Morgan fingerprint density at radius 1 is 1.17 bits per heavy atom. The summed E-state index contributed by atoms with van der Waals surface area (Å²) in [7, 11) is 0. The van der Waals surface area contributed by atoms with E-state index >= 15 is 0 Å². The fourth-order valence-corrected chi connectivity index (χ4v) is 4.51. The number of nitrogen functional groups attached to an aromatic ring is 1. The number of nitrogens with zero attached hydrogens (tertiary/aromatic N) is 4. The molecular formula is C25H28Cl2N6O3. The van der Waals surface area contributed by atoms with E-state index in [4.69, 9.17) is 38.8 Å². The lowest BCUT2D eigenvalue weighted by atomic mass is 9.94. The van der Waals surface area contributed by atoms with Crippen LogP contribution in [0.2, 0.25) is 10.3 Å². The van der Waals surface area contributed by atoms with Crippen molar-refractivity contribution in [3.8, 4) is 5.75 Å². The summed E-state index contributed by atoms with van der Waals surface area (Å²) in [6.45, 7) is 1.72. The molecule has 0 spiro atoms. The first-order chi connectivity index (χ1) is 17.4. The molecule has 0 atom stereocenters. The van der Waals surface area contributed by atoms with Crippen LogP contribution in [0.4, 0.5) is 22.0 Å². The van der Waals surface area contributed by atoms with Crippen molar-refractivity contribution in [1.82, 2.24) is 19.9 Å². The van der Waals surface area contributed by atoms with Gasteiger partial charge in [-0.05, 0) is 85.0 Å². The highest BCUT2D eigenvalue weighted by Gasteiger charge is 2.22.